The normalized spacial score (nSPS) is 10.7. The molecule has 0 saturated heterocycles. The topological polar surface area (TPSA) is 59.3 Å². The smallest absolute Gasteiger partial charge is 0.311 e. The molecule has 4 nitrogen and oxygen atoms in total. The summed E-state index contributed by atoms with van der Waals surface area (Å²) in [5.41, 5.74) is -0.521. The molecule has 2 rings (SSSR count). The van der Waals surface area contributed by atoms with Crippen LogP contribution in [0.25, 0.3) is 0 Å². The highest BCUT2D eigenvalue weighted by Gasteiger charge is 2.19. The molecule has 118 valence electrons. The van der Waals surface area contributed by atoms with E-state index in [1.54, 1.807) is 38.1 Å². The van der Waals surface area contributed by atoms with Gasteiger partial charge in [0.1, 0.15) is 17.2 Å². The van der Waals surface area contributed by atoms with E-state index < -0.39 is 5.41 Å². The largest absolute Gasteiger partial charge is 0.457 e. The summed E-state index contributed by atoms with van der Waals surface area (Å²) in [6.07, 6.45) is 0.681. The standard InChI is InChI=1S/C19H19NO3/c1-19(2,14-20)13-12-18(21)23-17-10-8-16(9-11-17)22-15-6-4-3-5-7-15/h3-11H,12-13H2,1-2H3. The Hall–Kier alpha value is -2.80. The van der Waals surface area contributed by atoms with Crippen molar-refractivity contribution in [2.24, 2.45) is 5.41 Å². The maximum atomic E-state index is 11.8. The Morgan fingerprint density at radius 3 is 2.17 bits per heavy atom. The van der Waals surface area contributed by atoms with Crippen LogP contribution in [0.5, 0.6) is 17.2 Å². The van der Waals surface area contributed by atoms with Gasteiger partial charge in [-0.05, 0) is 56.7 Å². The number of esters is 1. The van der Waals surface area contributed by atoms with Crippen molar-refractivity contribution in [3.8, 4) is 23.3 Å². The zero-order chi connectivity index (χ0) is 16.7. The number of carbonyl (C=O) groups is 1. The molecular formula is C19H19NO3. The van der Waals surface area contributed by atoms with Gasteiger partial charge in [-0.3, -0.25) is 4.79 Å². The third-order valence-corrected chi connectivity index (χ3v) is 3.29. The summed E-state index contributed by atoms with van der Waals surface area (Å²) >= 11 is 0. The van der Waals surface area contributed by atoms with Crippen LogP contribution < -0.4 is 9.47 Å². The predicted octanol–water partition coefficient (Wildman–Crippen LogP) is 4.71. The van der Waals surface area contributed by atoms with Crippen LogP contribution >= 0.6 is 0 Å². The van der Waals surface area contributed by atoms with Crippen LogP contribution in [0.15, 0.2) is 54.6 Å². The third-order valence-electron chi connectivity index (χ3n) is 3.29. The molecule has 0 aliphatic heterocycles. The van der Waals surface area contributed by atoms with E-state index >= 15 is 0 Å². The molecule has 0 aliphatic carbocycles. The minimum Gasteiger partial charge on any atom is -0.457 e. The fraction of sp³-hybridized carbons (Fsp3) is 0.263. The summed E-state index contributed by atoms with van der Waals surface area (Å²) in [5, 5.41) is 8.93. The van der Waals surface area contributed by atoms with Gasteiger partial charge in [-0.1, -0.05) is 18.2 Å². The molecule has 23 heavy (non-hydrogen) atoms. The molecule has 0 saturated carbocycles. The van der Waals surface area contributed by atoms with Crippen LogP contribution in [0.3, 0.4) is 0 Å². The molecule has 0 radical (unpaired) electrons. The van der Waals surface area contributed by atoms with Gasteiger partial charge in [0.15, 0.2) is 0 Å². The molecule has 0 heterocycles. The Bertz CT molecular complexity index is 685. The lowest BCUT2D eigenvalue weighted by Gasteiger charge is -2.13. The number of para-hydroxylation sites is 1. The summed E-state index contributed by atoms with van der Waals surface area (Å²) < 4.78 is 10.9. The summed E-state index contributed by atoms with van der Waals surface area (Å²) in [7, 11) is 0. The molecule has 0 aromatic heterocycles. The van der Waals surface area contributed by atoms with Gasteiger partial charge in [0.2, 0.25) is 0 Å². The maximum absolute atomic E-state index is 11.8. The summed E-state index contributed by atoms with van der Waals surface area (Å²) in [5.74, 6) is 1.54. The zero-order valence-electron chi connectivity index (χ0n) is 13.3. The second-order valence-electron chi connectivity index (χ2n) is 5.86. The number of nitriles is 1. The lowest BCUT2D eigenvalue weighted by atomic mass is 9.90. The molecule has 2 aromatic rings. The number of nitrogens with zero attached hydrogens (tertiary/aromatic N) is 1. The van der Waals surface area contributed by atoms with Crippen molar-refractivity contribution in [2.75, 3.05) is 0 Å². The van der Waals surface area contributed by atoms with Crippen LogP contribution in [0.4, 0.5) is 0 Å². The first-order chi connectivity index (χ1) is 11.0. The van der Waals surface area contributed by atoms with Gasteiger partial charge in [-0.25, -0.2) is 0 Å². The van der Waals surface area contributed by atoms with Crippen molar-refractivity contribution >= 4 is 5.97 Å². The van der Waals surface area contributed by atoms with Crippen molar-refractivity contribution < 1.29 is 14.3 Å². The van der Waals surface area contributed by atoms with Gasteiger partial charge in [-0.2, -0.15) is 5.26 Å². The molecule has 0 fully saturated rings. The number of rotatable bonds is 6. The fourth-order valence-electron chi connectivity index (χ4n) is 1.85. The first-order valence-corrected chi connectivity index (χ1v) is 7.43. The highest BCUT2D eigenvalue weighted by atomic mass is 16.5. The molecule has 0 N–H and O–H groups in total. The molecule has 0 unspecified atom stereocenters. The zero-order valence-corrected chi connectivity index (χ0v) is 13.3. The van der Waals surface area contributed by atoms with Gasteiger partial charge < -0.3 is 9.47 Å². The average Bonchev–Trinajstić information content (AvgIpc) is 2.56. The summed E-state index contributed by atoms with van der Waals surface area (Å²) in [6, 6.07) is 18.5. The summed E-state index contributed by atoms with van der Waals surface area (Å²) in [6.45, 7) is 3.60. The van der Waals surface area contributed by atoms with Crippen LogP contribution in [0, 0.1) is 16.7 Å². The minimum atomic E-state index is -0.521. The van der Waals surface area contributed by atoms with Crippen LogP contribution in [-0.2, 0) is 4.79 Å². The lowest BCUT2D eigenvalue weighted by Crippen LogP contribution is -2.14. The molecule has 2 aromatic carbocycles. The van der Waals surface area contributed by atoms with E-state index in [0.717, 1.165) is 5.75 Å². The highest BCUT2D eigenvalue weighted by Crippen LogP contribution is 2.25. The van der Waals surface area contributed by atoms with Gasteiger partial charge in [0, 0.05) is 6.42 Å². The van der Waals surface area contributed by atoms with E-state index in [9.17, 15) is 4.79 Å². The van der Waals surface area contributed by atoms with Crippen LogP contribution in [0.1, 0.15) is 26.7 Å². The Balaban J connectivity index is 1.88. The summed E-state index contributed by atoms with van der Waals surface area (Å²) in [4.78, 5) is 11.8. The van der Waals surface area contributed by atoms with Crippen molar-refractivity contribution in [2.45, 2.75) is 26.7 Å². The molecule has 0 bridgehead atoms. The first kappa shape index (κ1) is 16.6. The average molecular weight is 309 g/mol. The SMILES string of the molecule is CC(C)(C#N)CCC(=O)Oc1ccc(Oc2ccccc2)cc1. The Morgan fingerprint density at radius 2 is 1.57 bits per heavy atom. The van der Waals surface area contributed by atoms with Gasteiger partial charge in [-0.15, -0.1) is 0 Å². The van der Waals surface area contributed by atoms with Crippen LogP contribution in [0.2, 0.25) is 0 Å². The second kappa shape index (κ2) is 7.46. The Kier molecular flexibility index (Phi) is 5.37. The van der Waals surface area contributed by atoms with Crippen LogP contribution in [-0.4, -0.2) is 5.97 Å². The van der Waals surface area contributed by atoms with Gasteiger partial charge >= 0.3 is 5.97 Å². The number of carbonyl (C=O) groups excluding carboxylic acids is 1. The number of ether oxygens (including phenoxy) is 2. The predicted molar refractivity (Wildman–Crippen MR) is 87.2 cm³/mol. The molecule has 0 spiro atoms. The lowest BCUT2D eigenvalue weighted by molar-refractivity contribution is -0.134. The van der Waals surface area contributed by atoms with Crippen molar-refractivity contribution in [1.82, 2.24) is 0 Å². The number of benzene rings is 2. The molecule has 0 amide bonds. The van der Waals surface area contributed by atoms with E-state index in [0.29, 0.717) is 17.9 Å². The minimum absolute atomic E-state index is 0.211. The second-order valence-corrected chi connectivity index (χ2v) is 5.86. The molecule has 0 aliphatic rings. The van der Waals surface area contributed by atoms with E-state index in [4.69, 9.17) is 14.7 Å². The van der Waals surface area contributed by atoms with Crippen molar-refractivity contribution in [3.63, 3.8) is 0 Å². The Labute approximate surface area is 136 Å². The maximum Gasteiger partial charge on any atom is 0.311 e. The van der Waals surface area contributed by atoms with E-state index in [-0.39, 0.29) is 12.4 Å². The van der Waals surface area contributed by atoms with Crippen molar-refractivity contribution in [1.29, 1.82) is 5.26 Å². The molecular weight excluding hydrogens is 290 g/mol. The van der Waals surface area contributed by atoms with E-state index in [1.165, 1.54) is 0 Å². The van der Waals surface area contributed by atoms with E-state index in [1.807, 2.05) is 30.3 Å². The van der Waals surface area contributed by atoms with Gasteiger partial charge in [0.25, 0.3) is 0 Å². The highest BCUT2D eigenvalue weighted by molar-refractivity contribution is 5.72. The van der Waals surface area contributed by atoms with Crippen molar-refractivity contribution in [3.05, 3.63) is 54.6 Å². The Morgan fingerprint density at radius 1 is 1.00 bits per heavy atom. The quantitative estimate of drug-likeness (QED) is 0.572. The fourth-order valence-corrected chi connectivity index (χ4v) is 1.85. The number of hydrogen-bond donors (Lipinski definition) is 0. The number of hydrogen-bond acceptors (Lipinski definition) is 4. The third kappa shape index (κ3) is 5.48. The monoisotopic (exact) mass is 309 g/mol. The van der Waals surface area contributed by atoms with Gasteiger partial charge in [0.05, 0.1) is 11.5 Å². The molecule has 4 heteroatoms. The molecule has 0 atom stereocenters. The first-order valence-electron chi connectivity index (χ1n) is 7.43. The van der Waals surface area contributed by atoms with E-state index in [2.05, 4.69) is 6.07 Å².